The Kier molecular flexibility index (Phi) is 6.17. The third-order valence-electron chi connectivity index (χ3n) is 3.54. The van der Waals surface area contributed by atoms with E-state index in [1.54, 1.807) is 25.3 Å². The summed E-state index contributed by atoms with van der Waals surface area (Å²) in [5, 5.41) is 5.32. The lowest BCUT2D eigenvalue weighted by Gasteiger charge is -2.09. The van der Waals surface area contributed by atoms with Gasteiger partial charge in [-0.25, -0.2) is 4.79 Å². The number of ether oxygens (including phenoxy) is 1. The van der Waals surface area contributed by atoms with Crippen LogP contribution in [0.4, 0.5) is 10.5 Å². The van der Waals surface area contributed by atoms with Crippen molar-refractivity contribution in [3.8, 4) is 5.75 Å². The molecular weight excluding hydrogens is 318 g/mol. The molecule has 0 spiro atoms. The third-order valence-corrected chi connectivity index (χ3v) is 3.54. The molecule has 0 heterocycles. The number of benzene rings is 2. The molecule has 6 nitrogen and oxygen atoms in total. The summed E-state index contributed by atoms with van der Waals surface area (Å²) in [6.07, 6.45) is 1.53. The quantitative estimate of drug-likeness (QED) is 0.706. The van der Waals surface area contributed by atoms with E-state index in [4.69, 9.17) is 10.5 Å². The fraction of sp³-hybridized carbons (Fsp3) is 0.158. The molecule has 6 heteroatoms. The van der Waals surface area contributed by atoms with E-state index in [-0.39, 0.29) is 5.91 Å². The first-order valence-electron chi connectivity index (χ1n) is 7.74. The van der Waals surface area contributed by atoms with Gasteiger partial charge in [-0.3, -0.25) is 4.79 Å². The minimum Gasteiger partial charge on any atom is -0.496 e. The van der Waals surface area contributed by atoms with Crippen LogP contribution >= 0.6 is 0 Å². The molecule has 0 bridgehead atoms. The Bertz CT molecular complexity index is 800. The van der Waals surface area contributed by atoms with Gasteiger partial charge in [0.1, 0.15) is 5.75 Å². The SMILES string of the molecule is COc1ccccc1C(C)=CC(=O)NCc1cccc(NC(N)=O)c1. The molecule has 0 saturated heterocycles. The Morgan fingerprint density at radius 3 is 2.64 bits per heavy atom. The van der Waals surface area contributed by atoms with E-state index >= 15 is 0 Å². The average Bonchev–Trinajstić information content (AvgIpc) is 2.59. The molecule has 0 aliphatic carbocycles. The lowest BCUT2D eigenvalue weighted by Crippen LogP contribution is -2.21. The van der Waals surface area contributed by atoms with Crippen molar-refractivity contribution in [2.75, 3.05) is 12.4 Å². The van der Waals surface area contributed by atoms with E-state index < -0.39 is 6.03 Å². The van der Waals surface area contributed by atoms with Gasteiger partial charge in [0.2, 0.25) is 5.91 Å². The average molecular weight is 339 g/mol. The number of nitrogens with one attached hydrogen (secondary N) is 2. The number of allylic oxidation sites excluding steroid dienone is 1. The predicted molar refractivity (Wildman–Crippen MR) is 98.1 cm³/mol. The Labute approximate surface area is 146 Å². The zero-order valence-electron chi connectivity index (χ0n) is 14.2. The van der Waals surface area contributed by atoms with Crippen LogP contribution in [-0.4, -0.2) is 19.0 Å². The third kappa shape index (κ3) is 5.39. The number of carbonyl (C=O) groups is 2. The highest BCUT2D eigenvalue weighted by Gasteiger charge is 2.06. The summed E-state index contributed by atoms with van der Waals surface area (Å²) < 4.78 is 5.30. The summed E-state index contributed by atoms with van der Waals surface area (Å²) in [6.45, 7) is 2.19. The first-order valence-corrected chi connectivity index (χ1v) is 7.74. The second-order valence-electron chi connectivity index (χ2n) is 5.44. The highest BCUT2D eigenvalue weighted by Crippen LogP contribution is 2.24. The van der Waals surface area contributed by atoms with E-state index in [0.717, 1.165) is 16.7 Å². The lowest BCUT2D eigenvalue weighted by molar-refractivity contribution is -0.116. The lowest BCUT2D eigenvalue weighted by atomic mass is 10.1. The van der Waals surface area contributed by atoms with E-state index in [1.165, 1.54) is 6.08 Å². The minimum absolute atomic E-state index is 0.211. The van der Waals surface area contributed by atoms with Crippen molar-refractivity contribution in [2.45, 2.75) is 13.5 Å². The van der Waals surface area contributed by atoms with Crippen LogP contribution in [-0.2, 0) is 11.3 Å². The number of anilines is 1. The van der Waals surface area contributed by atoms with Crippen molar-refractivity contribution in [3.63, 3.8) is 0 Å². The Balaban J connectivity index is 2.01. The second kappa shape index (κ2) is 8.54. The number of hydrogen-bond donors (Lipinski definition) is 3. The molecule has 3 amide bonds. The molecule has 0 unspecified atom stereocenters. The van der Waals surface area contributed by atoms with Gasteiger partial charge in [0, 0.05) is 23.9 Å². The molecule has 0 atom stereocenters. The minimum atomic E-state index is -0.628. The molecule has 130 valence electrons. The largest absolute Gasteiger partial charge is 0.496 e. The van der Waals surface area contributed by atoms with Crippen LogP contribution in [0.1, 0.15) is 18.1 Å². The van der Waals surface area contributed by atoms with E-state index in [1.807, 2.05) is 37.3 Å². The van der Waals surface area contributed by atoms with Gasteiger partial charge in [0.15, 0.2) is 0 Å². The molecule has 4 N–H and O–H groups in total. The van der Waals surface area contributed by atoms with Gasteiger partial charge in [-0.2, -0.15) is 0 Å². The Morgan fingerprint density at radius 2 is 1.92 bits per heavy atom. The van der Waals surface area contributed by atoms with Crippen molar-refractivity contribution in [1.82, 2.24) is 5.32 Å². The van der Waals surface area contributed by atoms with Crippen molar-refractivity contribution >= 4 is 23.2 Å². The summed E-state index contributed by atoms with van der Waals surface area (Å²) >= 11 is 0. The zero-order valence-corrected chi connectivity index (χ0v) is 14.2. The maximum atomic E-state index is 12.1. The Hall–Kier alpha value is -3.28. The van der Waals surface area contributed by atoms with E-state index in [0.29, 0.717) is 18.0 Å². The van der Waals surface area contributed by atoms with Gasteiger partial charge in [0.25, 0.3) is 0 Å². The summed E-state index contributed by atoms with van der Waals surface area (Å²) in [6, 6.07) is 14.0. The van der Waals surface area contributed by atoms with Crippen molar-refractivity contribution < 1.29 is 14.3 Å². The number of para-hydroxylation sites is 1. The predicted octanol–water partition coefficient (Wildman–Crippen LogP) is 2.91. The van der Waals surface area contributed by atoms with Gasteiger partial charge in [-0.15, -0.1) is 0 Å². The summed E-state index contributed by atoms with van der Waals surface area (Å²) in [5.74, 6) is 0.506. The first-order chi connectivity index (χ1) is 12.0. The number of nitrogens with two attached hydrogens (primary N) is 1. The number of urea groups is 1. The van der Waals surface area contributed by atoms with Crippen LogP contribution in [0.2, 0.25) is 0 Å². The molecule has 2 aromatic carbocycles. The Morgan fingerprint density at radius 1 is 1.16 bits per heavy atom. The molecular formula is C19H21N3O3. The normalized spacial score (nSPS) is 10.9. The van der Waals surface area contributed by atoms with Crippen molar-refractivity contribution in [2.24, 2.45) is 5.73 Å². The van der Waals surface area contributed by atoms with Gasteiger partial charge in [-0.05, 0) is 36.3 Å². The van der Waals surface area contributed by atoms with Crippen molar-refractivity contribution in [1.29, 1.82) is 0 Å². The second-order valence-corrected chi connectivity index (χ2v) is 5.44. The van der Waals surface area contributed by atoms with Crippen molar-refractivity contribution in [3.05, 3.63) is 65.7 Å². The molecule has 2 aromatic rings. The topological polar surface area (TPSA) is 93.4 Å². The molecule has 25 heavy (non-hydrogen) atoms. The fourth-order valence-electron chi connectivity index (χ4n) is 2.39. The highest BCUT2D eigenvalue weighted by atomic mass is 16.5. The summed E-state index contributed by atoms with van der Waals surface area (Å²) in [5.41, 5.74) is 8.20. The highest BCUT2D eigenvalue weighted by molar-refractivity contribution is 5.95. The zero-order chi connectivity index (χ0) is 18.2. The first kappa shape index (κ1) is 18.1. The summed E-state index contributed by atoms with van der Waals surface area (Å²) in [4.78, 5) is 23.0. The molecule has 0 saturated carbocycles. The molecule has 0 aliphatic heterocycles. The van der Waals surface area contributed by atoms with Gasteiger partial charge >= 0.3 is 6.03 Å². The number of rotatable bonds is 6. The van der Waals surface area contributed by atoms with Gasteiger partial charge < -0.3 is 21.1 Å². The fourth-order valence-corrected chi connectivity index (χ4v) is 2.39. The van der Waals surface area contributed by atoms with Crippen LogP contribution in [0, 0.1) is 0 Å². The monoisotopic (exact) mass is 339 g/mol. The number of primary amides is 1. The number of hydrogen-bond acceptors (Lipinski definition) is 3. The number of amides is 3. The standard InChI is InChI=1S/C19H21N3O3/c1-13(16-8-3-4-9-17(16)25-2)10-18(23)21-12-14-6-5-7-15(11-14)22-19(20)24/h3-11H,12H2,1-2H3,(H,21,23)(H3,20,22,24). The summed E-state index contributed by atoms with van der Waals surface area (Å²) in [7, 11) is 1.60. The van der Waals surface area contributed by atoms with Crippen LogP contribution in [0.5, 0.6) is 5.75 Å². The molecule has 0 aliphatic rings. The molecule has 0 fully saturated rings. The maximum Gasteiger partial charge on any atom is 0.316 e. The van der Waals surface area contributed by atoms with Gasteiger partial charge in [-0.1, -0.05) is 30.3 Å². The molecule has 2 rings (SSSR count). The smallest absolute Gasteiger partial charge is 0.316 e. The van der Waals surface area contributed by atoms with E-state index in [2.05, 4.69) is 10.6 Å². The molecule has 0 radical (unpaired) electrons. The number of carbonyl (C=O) groups excluding carboxylic acids is 2. The van der Waals surface area contributed by atoms with Crippen LogP contribution in [0.25, 0.3) is 5.57 Å². The molecule has 0 aromatic heterocycles. The van der Waals surface area contributed by atoms with E-state index in [9.17, 15) is 9.59 Å². The number of methoxy groups -OCH3 is 1. The van der Waals surface area contributed by atoms with Crippen LogP contribution in [0.3, 0.4) is 0 Å². The van der Waals surface area contributed by atoms with Crippen LogP contribution < -0.4 is 21.1 Å². The van der Waals surface area contributed by atoms with Gasteiger partial charge in [0.05, 0.1) is 7.11 Å². The van der Waals surface area contributed by atoms with Crippen LogP contribution in [0.15, 0.2) is 54.6 Å². The maximum absolute atomic E-state index is 12.1.